The Balaban J connectivity index is 1.98. The molecule has 1 unspecified atom stereocenters. The maximum atomic E-state index is 11.8. The minimum Gasteiger partial charge on any atom is -0.368 e. The van der Waals surface area contributed by atoms with Gasteiger partial charge in [-0.2, -0.15) is 0 Å². The number of carbonyl (C=O) groups is 1. The Hall–Kier alpha value is -0.610. The monoisotopic (exact) mass is 239 g/mol. The van der Waals surface area contributed by atoms with Crippen LogP contribution in [0.3, 0.4) is 0 Å². The Morgan fingerprint density at radius 1 is 1.18 bits per heavy atom. The van der Waals surface area contributed by atoms with E-state index in [0.29, 0.717) is 12.6 Å². The maximum Gasteiger partial charge on any atom is 0.239 e. The van der Waals surface area contributed by atoms with Crippen molar-refractivity contribution in [2.45, 2.75) is 62.9 Å². The van der Waals surface area contributed by atoms with E-state index in [9.17, 15) is 4.79 Å². The Labute approximate surface area is 104 Å². The van der Waals surface area contributed by atoms with E-state index in [4.69, 9.17) is 5.73 Å². The van der Waals surface area contributed by atoms with Gasteiger partial charge in [0.2, 0.25) is 5.91 Å². The number of hydrogen-bond donors (Lipinski definition) is 3. The molecule has 2 aliphatic rings. The summed E-state index contributed by atoms with van der Waals surface area (Å²) in [5.74, 6) is -0.186. The molecule has 17 heavy (non-hydrogen) atoms. The van der Waals surface area contributed by atoms with Crippen molar-refractivity contribution < 1.29 is 4.79 Å². The van der Waals surface area contributed by atoms with Crippen molar-refractivity contribution in [3.8, 4) is 0 Å². The van der Waals surface area contributed by atoms with Crippen molar-refractivity contribution in [1.29, 1.82) is 0 Å². The number of hydrogen-bond acceptors (Lipinski definition) is 3. The molecular formula is C13H25N3O. The highest BCUT2D eigenvalue weighted by Crippen LogP contribution is 2.22. The first-order valence-corrected chi connectivity index (χ1v) is 7.01. The summed E-state index contributed by atoms with van der Waals surface area (Å²) in [5.41, 5.74) is 5.12. The van der Waals surface area contributed by atoms with Crippen LogP contribution in [0, 0.1) is 0 Å². The number of nitrogens with one attached hydrogen (secondary N) is 2. The fourth-order valence-corrected chi connectivity index (χ4v) is 3.12. The Morgan fingerprint density at radius 2 is 1.88 bits per heavy atom. The summed E-state index contributed by atoms with van der Waals surface area (Å²) in [6.45, 7) is 1.69. The van der Waals surface area contributed by atoms with Gasteiger partial charge >= 0.3 is 0 Å². The highest BCUT2D eigenvalue weighted by atomic mass is 16.1. The van der Waals surface area contributed by atoms with Crippen LogP contribution in [0.1, 0.15) is 51.4 Å². The van der Waals surface area contributed by atoms with Gasteiger partial charge in [0, 0.05) is 12.6 Å². The summed E-state index contributed by atoms with van der Waals surface area (Å²) >= 11 is 0. The van der Waals surface area contributed by atoms with Crippen molar-refractivity contribution in [1.82, 2.24) is 10.6 Å². The summed E-state index contributed by atoms with van der Waals surface area (Å²) in [4.78, 5) is 11.8. The molecule has 0 aromatic carbocycles. The molecular weight excluding hydrogens is 214 g/mol. The van der Waals surface area contributed by atoms with E-state index in [0.717, 1.165) is 19.4 Å². The molecule has 1 heterocycles. The van der Waals surface area contributed by atoms with Crippen molar-refractivity contribution >= 4 is 5.91 Å². The van der Waals surface area contributed by atoms with E-state index in [1.807, 2.05) is 0 Å². The molecule has 0 aromatic heterocycles. The normalized spacial score (nSPS) is 32.0. The summed E-state index contributed by atoms with van der Waals surface area (Å²) in [7, 11) is 0. The Morgan fingerprint density at radius 3 is 2.41 bits per heavy atom. The number of carbonyl (C=O) groups excluding carboxylic acids is 1. The van der Waals surface area contributed by atoms with Gasteiger partial charge in [-0.1, -0.05) is 25.7 Å². The molecule has 1 atom stereocenters. The van der Waals surface area contributed by atoms with E-state index in [-0.39, 0.29) is 5.91 Å². The largest absolute Gasteiger partial charge is 0.368 e. The molecule has 4 N–H and O–H groups in total. The molecule has 0 radical (unpaired) electrons. The Bertz CT molecular complexity index is 253. The van der Waals surface area contributed by atoms with Crippen LogP contribution in [0.15, 0.2) is 0 Å². The van der Waals surface area contributed by atoms with E-state index >= 15 is 0 Å². The standard InChI is InChI=1S/C13H25N3O/c14-12(17)13(8-5-9-15-10-13)16-11-6-3-1-2-4-7-11/h11,15-16H,1-10H2,(H2,14,17). The summed E-state index contributed by atoms with van der Waals surface area (Å²) in [6.07, 6.45) is 9.51. The van der Waals surface area contributed by atoms with Gasteiger partial charge in [0.05, 0.1) is 0 Å². The van der Waals surface area contributed by atoms with Crippen LogP contribution in [0.5, 0.6) is 0 Å². The highest BCUT2D eigenvalue weighted by Gasteiger charge is 2.39. The van der Waals surface area contributed by atoms with Crippen LogP contribution >= 0.6 is 0 Å². The molecule has 1 aliphatic carbocycles. The topological polar surface area (TPSA) is 67.2 Å². The molecule has 1 saturated carbocycles. The zero-order chi connectivity index (χ0) is 12.1. The second kappa shape index (κ2) is 5.83. The summed E-state index contributed by atoms with van der Waals surface area (Å²) in [6, 6.07) is 0.477. The molecule has 0 spiro atoms. The van der Waals surface area contributed by atoms with Crippen molar-refractivity contribution in [3.63, 3.8) is 0 Å². The second-order valence-corrected chi connectivity index (χ2v) is 5.56. The van der Waals surface area contributed by atoms with Gasteiger partial charge in [0.25, 0.3) is 0 Å². The van der Waals surface area contributed by atoms with E-state index < -0.39 is 5.54 Å². The van der Waals surface area contributed by atoms with Crippen LogP contribution in [0.25, 0.3) is 0 Å². The lowest BCUT2D eigenvalue weighted by molar-refractivity contribution is -0.125. The number of nitrogens with two attached hydrogens (primary N) is 1. The molecule has 0 aromatic rings. The second-order valence-electron chi connectivity index (χ2n) is 5.56. The van der Waals surface area contributed by atoms with Crippen LogP contribution < -0.4 is 16.4 Å². The quantitative estimate of drug-likeness (QED) is 0.641. The molecule has 2 fully saturated rings. The lowest BCUT2D eigenvalue weighted by Gasteiger charge is -2.38. The van der Waals surface area contributed by atoms with Gasteiger partial charge in [0.1, 0.15) is 5.54 Å². The third-order valence-corrected chi connectivity index (χ3v) is 4.19. The number of rotatable bonds is 3. The zero-order valence-electron chi connectivity index (χ0n) is 10.6. The highest BCUT2D eigenvalue weighted by molar-refractivity contribution is 5.85. The van der Waals surface area contributed by atoms with E-state index in [1.54, 1.807) is 0 Å². The third kappa shape index (κ3) is 3.19. The molecule has 1 saturated heterocycles. The first-order valence-electron chi connectivity index (χ1n) is 7.01. The first kappa shape index (κ1) is 12.8. The zero-order valence-corrected chi connectivity index (χ0v) is 10.6. The molecule has 2 rings (SSSR count). The van der Waals surface area contributed by atoms with Gasteiger partial charge in [-0.25, -0.2) is 0 Å². The van der Waals surface area contributed by atoms with Crippen LogP contribution in [0.4, 0.5) is 0 Å². The molecule has 98 valence electrons. The predicted octanol–water partition coefficient (Wildman–Crippen LogP) is 0.906. The van der Waals surface area contributed by atoms with Gasteiger partial charge in [0.15, 0.2) is 0 Å². The summed E-state index contributed by atoms with van der Waals surface area (Å²) < 4.78 is 0. The molecule has 1 aliphatic heterocycles. The van der Waals surface area contributed by atoms with Gasteiger partial charge < -0.3 is 11.1 Å². The minimum absolute atomic E-state index is 0.186. The van der Waals surface area contributed by atoms with Crippen LogP contribution in [-0.2, 0) is 4.79 Å². The van der Waals surface area contributed by atoms with Crippen molar-refractivity contribution in [2.24, 2.45) is 5.73 Å². The molecule has 0 bridgehead atoms. The van der Waals surface area contributed by atoms with Crippen molar-refractivity contribution in [3.05, 3.63) is 0 Å². The SMILES string of the molecule is NC(=O)C1(NC2CCCCCC2)CCCNC1. The fourth-order valence-electron chi connectivity index (χ4n) is 3.12. The number of primary amides is 1. The van der Waals surface area contributed by atoms with Gasteiger partial charge in [-0.05, 0) is 32.2 Å². The van der Waals surface area contributed by atoms with Gasteiger partial charge in [-0.15, -0.1) is 0 Å². The average Bonchev–Trinajstić information content (AvgIpc) is 2.59. The fraction of sp³-hybridized carbons (Fsp3) is 0.923. The van der Waals surface area contributed by atoms with Gasteiger partial charge in [-0.3, -0.25) is 10.1 Å². The predicted molar refractivity (Wildman–Crippen MR) is 68.7 cm³/mol. The summed E-state index contributed by atoms with van der Waals surface area (Å²) in [5, 5.41) is 6.87. The van der Waals surface area contributed by atoms with Crippen LogP contribution in [0.2, 0.25) is 0 Å². The maximum absolute atomic E-state index is 11.8. The lowest BCUT2D eigenvalue weighted by Crippen LogP contribution is -2.65. The smallest absolute Gasteiger partial charge is 0.239 e. The number of amides is 1. The molecule has 4 heteroatoms. The Kier molecular flexibility index (Phi) is 4.40. The average molecular weight is 239 g/mol. The molecule has 4 nitrogen and oxygen atoms in total. The lowest BCUT2D eigenvalue weighted by atomic mass is 9.87. The minimum atomic E-state index is -0.493. The third-order valence-electron chi connectivity index (χ3n) is 4.19. The first-order chi connectivity index (χ1) is 8.23. The van der Waals surface area contributed by atoms with E-state index in [2.05, 4.69) is 10.6 Å². The number of piperidine rings is 1. The van der Waals surface area contributed by atoms with E-state index in [1.165, 1.54) is 38.5 Å². The van der Waals surface area contributed by atoms with Crippen LogP contribution in [-0.4, -0.2) is 30.6 Å². The van der Waals surface area contributed by atoms with Crippen molar-refractivity contribution in [2.75, 3.05) is 13.1 Å². The molecule has 1 amide bonds.